The van der Waals surface area contributed by atoms with E-state index in [0.29, 0.717) is 5.92 Å². The summed E-state index contributed by atoms with van der Waals surface area (Å²) in [7, 11) is 1.65. The van der Waals surface area contributed by atoms with Crippen molar-refractivity contribution < 1.29 is 4.74 Å². The molecule has 2 atom stereocenters. The molecule has 1 aromatic heterocycles. The molecule has 0 aromatic carbocycles. The van der Waals surface area contributed by atoms with Crippen LogP contribution in [0.25, 0.3) is 0 Å². The van der Waals surface area contributed by atoms with Crippen LogP contribution in [0.5, 0.6) is 5.75 Å². The van der Waals surface area contributed by atoms with Gasteiger partial charge in [0.05, 0.1) is 19.3 Å². The van der Waals surface area contributed by atoms with Gasteiger partial charge in [-0.25, -0.2) is 0 Å². The van der Waals surface area contributed by atoms with Crippen LogP contribution in [0.2, 0.25) is 0 Å². The van der Waals surface area contributed by atoms with E-state index in [4.69, 9.17) is 10.6 Å². The second kappa shape index (κ2) is 5.52. The molecule has 2 rings (SSSR count). The lowest BCUT2D eigenvalue weighted by atomic mass is 9.94. The van der Waals surface area contributed by atoms with E-state index in [-0.39, 0.29) is 6.04 Å². The summed E-state index contributed by atoms with van der Waals surface area (Å²) in [4.78, 5) is 4.17. The maximum atomic E-state index is 5.65. The van der Waals surface area contributed by atoms with Gasteiger partial charge in [-0.05, 0) is 35.5 Å². The highest BCUT2D eigenvalue weighted by molar-refractivity contribution is 7.99. The maximum absolute atomic E-state index is 5.65. The van der Waals surface area contributed by atoms with E-state index in [1.165, 1.54) is 12.2 Å². The molecule has 0 spiro atoms. The van der Waals surface area contributed by atoms with Gasteiger partial charge in [-0.1, -0.05) is 0 Å². The van der Waals surface area contributed by atoms with Crippen molar-refractivity contribution in [1.29, 1.82) is 0 Å². The number of nitrogens with one attached hydrogen (secondary N) is 1. The van der Waals surface area contributed by atoms with Gasteiger partial charge < -0.3 is 4.74 Å². The van der Waals surface area contributed by atoms with Crippen LogP contribution in [0.3, 0.4) is 0 Å². The van der Waals surface area contributed by atoms with Gasteiger partial charge in [0, 0.05) is 6.20 Å². The number of hydrazine groups is 1. The van der Waals surface area contributed by atoms with E-state index in [2.05, 4.69) is 10.4 Å². The molecule has 2 unspecified atom stereocenters. The second-order valence-corrected chi connectivity index (χ2v) is 5.08. The highest BCUT2D eigenvalue weighted by Gasteiger charge is 2.26. The largest absolute Gasteiger partial charge is 0.495 e. The third kappa shape index (κ3) is 2.48. The van der Waals surface area contributed by atoms with Crippen LogP contribution in [-0.4, -0.2) is 23.6 Å². The molecule has 1 aromatic rings. The first kappa shape index (κ1) is 11.7. The second-order valence-electron chi connectivity index (χ2n) is 3.93. The summed E-state index contributed by atoms with van der Waals surface area (Å²) in [6, 6.07) is 2.18. The molecule has 16 heavy (non-hydrogen) atoms. The summed E-state index contributed by atoms with van der Waals surface area (Å²) >= 11 is 1.98. The van der Waals surface area contributed by atoms with Crippen molar-refractivity contribution in [1.82, 2.24) is 10.4 Å². The average molecular weight is 239 g/mol. The Labute approximate surface area is 99.9 Å². The highest BCUT2D eigenvalue weighted by Crippen LogP contribution is 2.34. The molecule has 88 valence electrons. The molecule has 0 amide bonds. The molecule has 0 saturated carbocycles. The monoisotopic (exact) mass is 239 g/mol. The van der Waals surface area contributed by atoms with Gasteiger partial charge >= 0.3 is 0 Å². The number of pyridine rings is 1. The number of thioether (sulfide) groups is 1. The summed E-state index contributed by atoms with van der Waals surface area (Å²) in [6.07, 6.45) is 4.77. The van der Waals surface area contributed by atoms with E-state index in [1.54, 1.807) is 13.3 Å². The predicted octanol–water partition coefficient (Wildman–Crippen LogP) is 1.35. The molecule has 1 fully saturated rings. The molecule has 4 nitrogen and oxygen atoms in total. The van der Waals surface area contributed by atoms with Gasteiger partial charge in [-0.2, -0.15) is 11.8 Å². The number of hydrogen-bond donors (Lipinski definition) is 2. The van der Waals surface area contributed by atoms with Crippen molar-refractivity contribution in [2.45, 2.75) is 12.5 Å². The summed E-state index contributed by atoms with van der Waals surface area (Å²) in [5.74, 6) is 9.40. The van der Waals surface area contributed by atoms with Gasteiger partial charge in [0.25, 0.3) is 0 Å². The summed E-state index contributed by atoms with van der Waals surface area (Å²) in [5, 5.41) is 0. The van der Waals surface area contributed by atoms with Crippen LogP contribution in [0, 0.1) is 5.92 Å². The molecule has 0 aliphatic carbocycles. The zero-order chi connectivity index (χ0) is 11.4. The Bertz CT molecular complexity index is 342. The molecular formula is C11H17N3OS. The summed E-state index contributed by atoms with van der Waals surface area (Å²) in [5.41, 5.74) is 4.01. The van der Waals surface area contributed by atoms with Gasteiger partial charge in [-0.15, -0.1) is 0 Å². The zero-order valence-corrected chi connectivity index (χ0v) is 10.2. The van der Waals surface area contributed by atoms with E-state index < -0.39 is 0 Å². The molecule has 0 radical (unpaired) electrons. The average Bonchev–Trinajstić information content (AvgIpc) is 2.84. The minimum atomic E-state index is 0.178. The fourth-order valence-electron chi connectivity index (χ4n) is 2.04. The Morgan fingerprint density at radius 2 is 2.50 bits per heavy atom. The van der Waals surface area contributed by atoms with Crippen LogP contribution in [0.1, 0.15) is 18.0 Å². The van der Waals surface area contributed by atoms with Crippen LogP contribution in [0.15, 0.2) is 18.5 Å². The number of nitrogens with zero attached hydrogens (tertiary/aromatic N) is 1. The third-order valence-electron chi connectivity index (χ3n) is 2.94. The maximum Gasteiger partial charge on any atom is 0.137 e. The van der Waals surface area contributed by atoms with Crippen molar-refractivity contribution in [2.75, 3.05) is 18.6 Å². The van der Waals surface area contributed by atoms with Gasteiger partial charge in [-0.3, -0.25) is 16.3 Å². The van der Waals surface area contributed by atoms with Crippen molar-refractivity contribution in [3.8, 4) is 5.75 Å². The first-order chi connectivity index (χ1) is 7.85. The third-order valence-corrected chi connectivity index (χ3v) is 4.13. The van der Waals surface area contributed by atoms with Crippen LogP contribution in [0.4, 0.5) is 0 Å². The molecule has 2 heterocycles. The summed E-state index contributed by atoms with van der Waals surface area (Å²) in [6.45, 7) is 0. The minimum Gasteiger partial charge on any atom is -0.495 e. The zero-order valence-electron chi connectivity index (χ0n) is 9.35. The Hall–Kier alpha value is -0.780. The topological polar surface area (TPSA) is 60.2 Å². The van der Waals surface area contributed by atoms with Gasteiger partial charge in [0.1, 0.15) is 5.75 Å². The van der Waals surface area contributed by atoms with Crippen molar-refractivity contribution in [3.05, 3.63) is 24.0 Å². The number of methoxy groups -OCH3 is 1. The van der Waals surface area contributed by atoms with E-state index in [9.17, 15) is 0 Å². The number of rotatable bonds is 4. The van der Waals surface area contributed by atoms with Gasteiger partial charge in [0.2, 0.25) is 0 Å². The molecule has 1 aliphatic rings. The molecule has 0 bridgehead atoms. The first-order valence-electron chi connectivity index (χ1n) is 5.38. The Balaban J connectivity index is 2.18. The highest BCUT2D eigenvalue weighted by atomic mass is 32.2. The predicted molar refractivity (Wildman–Crippen MR) is 66.3 cm³/mol. The molecule has 1 aliphatic heterocycles. The first-order valence-corrected chi connectivity index (χ1v) is 6.53. The lowest BCUT2D eigenvalue weighted by Gasteiger charge is -2.22. The Morgan fingerprint density at radius 1 is 1.62 bits per heavy atom. The van der Waals surface area contributed by atoms with Gasteiger partial charge in [0.15, 0.2) is 0 Å². The van der Waals surface area contributed by atoms with Crippen molar-refractivity contribution in [2.24, 2.45) is 11.8 Å². The van der Waals surface area contributed by atoms with E-state index in [0.717, 1.165) is 17.1 Å². The fraction of sp³-hybridized carbons (Fsp3) is 0.545. The standard InChI is InChI=1S/C11H17N3OS/c1-15-10-4-9(5-13-6-10)11(14-12)8-2-3-16-7-8/h4-6,8,11,14H,2-3,7,12H2,1H3. The van der Waals surface area contributed by atoms with Crippen LogP contribution in [-0.2, 0) is 0 Å². The molecule has 5 heteroatoms. The van der Waals surface area contributed by atoms with E-state index in [1.807, 2.05) is 24.0 Å². The number of ether oxygens (including phenoxy) is 1. The Kier molecular flexibility index (Phi) is 4.04. The molecule has 1 saturated heterocycles. The smallest absolute Gasteiger partial charge is 0.137 e. The lowest BCUT2D eigenvalue weighted by molar-refractivity contribution is 0.389. The molecule has 3 N–H and O–H groups in total. The van der Waals surface area contributed by atoms with Crippen LogP contribution < -0.4 is 16.0 Å². The number of hydrogen-bond acceptors (Lipinski definition) is 5. The Morgan fingerprint density at radius 3 is 3.12 bits per heavy atom. The quantitative estimate of drug-likeness (QED) is 0.613. The fourth-order valence-corrected chi connectivity index (χ4v) is 3.34. The van der Waals surface area contributed by atoms with Crippen molar-refractivity contribution >= 4 is 11.8 Å². The SMILES string of the molecule is COc1cncc(C(NN)C2CCSC2)c1. The normalized spacial score (nSPS) is 22.0. The van der Waals surface area contributed by atoms with Crippen LogP contribution >= 0.6 is 11.8 Å². The lowest BCUT2D eigenvalue weighted by Crippen LogP contribution is -2.33. The molecular weight excluding hydrogens is 222 g/mol. The summed E-state index contributed by atoms with van der Waals surface area (Å²) < 4.78 is 5.18. The number of aromatic nitrogens is 1. The number of nitrogens with two attached hydrogens (primary N) is 1. The van der Waals surface area contributed by atoms with E-state index >= 15 is 0 Å². The van der Waals surface area contributed by atoms with Crippen molar-refractivity contribution in [3.63, 3.8) is 0 Å². The minimum absolute atomic E-state index is 0.178.